The summed E-state index contributed by atoms with van der Waals surface area (Å²) in [5.41, 5.74) is 1.96. The summed E-state index contributed by atoms with van der Waals surface area (Å²) in [6, 6.07) is 5.87. The molecule has 0 fully saturated rings. The lowest BCUT2D eigenvalue weighted by Crippen LogP contribution is -2.44. The first-order chi connectivity index (χ1) is 8.13. The molecule has 0 bridgehead atoms. The van der Waals surface area contributed by atoms with Gasteiger partial charge in [0.25, 0.3) is 0 Å². The lowest BCUT2D eigenvalue weighted by Gasteiger charge is -2.35. The number of halogens is 1. The van der Waals surface area contributed by atoms with Gasteiger partial charge in [0.1, 0.15) is 0 Å². The van der Waals surface area contributed by atoms with Crippen LogP contribution in [0.1, 0.15) is 6.42 Å². The van der Waals surface area contributed by atoms with E-state index in [4.69, 9.17) is 5.11 Å². The van der Waals surface area contributed by atoms with E-state index in [2.05, 4.69) is 15.9 Å². The van der Waals surface area contributed by atoms with Crippen LogP contribution in [-0.2, 0) is 4.79 Å². The fourth-order valence-corrected chi connectivity index (χ4v) is 2.36. The molecule has 0 aromatic heterocycles. The second-order valence-corrected chi connectivity index (χ2v) is 5.03. The first-order valence-corrected chi connectivity index (χ1v) is 6.34. The highest BCUT2D eigenvalue weighted by Gasteiger charge is 2.26. The average Bonchev–Trinajstić information content (AvgIpc) is 2.29. The van der Waals surface area contributed by atoms with Gasteiger partial charge in [0.15, 0.2) is 0 Å². The van der Waals surface area contributed by atoms with Crippen molar-refractivity contribution >= 4 is 33.2 Å². The van der Waals surface area contributed by atoms with Crippen LogP contribution in [0.25, 0.3) is 0 Å². The zero-order valence-electron chi connectivity index (χ0n) is 9.69. The van der Waals surface area contributed by atoms with E-state index in [9.17, 15) is 4.79 Å². The van der Waals surface area contributed by atoms with Gasteiger partial charge in [0.05, 0.1) is 17.9 Å². The summed E-state index contributed by atoms with van der Waals surface area (Å²) < 4.78 is 1.000. The molecule has 92 valence electrons. The number of hydrogen-bond acceptors (Lipinski definition) is 3. The highest BCUT2D eigenvalue weighted by Crippen LogP contribution is 2.34. The smallest absolute Gasteiger partial charge is 0.246 e. The maximum Gasteiger partial charge on any atom is 0.246 e. The predicted molar refractivity (Wildman–Crippen MR) is 71.5 cm³/mol. The molecular weight excluding hydrogens is 284 g/mol. The van der Waals surface area contributed by atoms with Crippen LogP contribution < -0.4 is 9.80 Å². The molecule has 0 aliphatic carbocycles. The summed E-state index contributed by atoms with van der Waals surface area (Å²) in [5.74, 6) is 0.0794. The Morgan fingerprint density at radius 1 is 1.41 bits per heavy atom. The van der Waals surface area contributed by atoms with E-state index in [-0.39, 0.29) is 12.5 Å². The number of carbonyl (C=O) groups excluding carboxylic acids is 1. The second-order valence-electron chi connectivity index (χ2n) is 4.11. The maximum absolute atomic E-state index is 11.9. The molecular formula is C12H15BrN2O2. The number of anilines is 2. The molecule has 0 atom stereocenters. The van der Waals surface area contributed by atoms with Crippen LogP contribution in [0, 0.1) is 0 Å². The number of carbonyl (C=O) groups is 1. The van der Waals surface area contributed by atoms with Crippen LogP contribution in [0.2, 0.25) is 0 Å². The number of aliphatic hydroxyl groups is 1. The van der Waals surface area contributed by atoms with Gasteiger partial charge in [-0.15, -0.1) is 0 Å². The van der Waals surface area contributed by atoms with E-state index in [1.807, 2.05) is 30.1 Å². The molecule has 4 nitrogen and oxygen atoms in total. The standard InChI is InChI=1S/C12H15BrN2O2/c1-14-8-12(17)15(5-2-6-16)10-4-3-9(13)7-11(10)14/h3-4,7,16H,2,5-6,8H2,1H3. The number of benzene rings is 1. The van der Waals surface area contributed by atoms with Crippen LogP contribution >= 0.6 is 15.9 Å². The first-order valence-electron chi connectivity index (χ1n) is 5.55. The fourth-order valence-electron chi connectivity index (χ4n) is 2.01. The molecule has 1 aliphatic rings. The Morgan fingerprint density at radius 3 is 2.88 bits per heavy atom. The van der Waals surface area contributed by atoms with Gasteiger partial charge in [-0.2, -0.15) is 0 Å². The molecule has 2 rings (SSSR count). The number of hydrogen-bond donors (Lipinski definition) is 1. The largest absolute Gasteiger partial charge is 0.396 e. The summed E-state index contributed by atoms with van der Waals surface area (Å²) in [5, 5.41) is 8.87. The Balaban J connectivity index is 2.36. The summed E-state index contributed by atoms with van der Waals surface area (Å²) >= 11 is 3.44. The molecule has 0 unspecified atom stereocenters. The van der Waals surface area contributed by atoms with Gasteiger partial charge in [-0.1, -0.05) is 15.9 Å². The topological polar surface area (TPSA) is 43.8 Å². The summed E-state index contributed by atoms with van der Waals surface area (Å²) in [6.45, 7) is 1.05. The summed E-state index contributed by atoms with van der Waals surface area (Å²) in [7, 11) is 1.91. The van der Waals surface area contributed by atoms with E-state index in [0.29, 0.717) is 19.5 Å². The minimum atomic E-state index is 0.0794. The van der Waals surface area contributed by atoms with E-state index in [1.165, 1.54) is 0 Å². The molecule has 5 heteroatoms. The molecule has 17 heavy (non-hydrogen) atoms. The van der Waals surface area contributed by atoms with Crippen molar-refractivity contribution in [2.75, 3.05) is 36.5 Å². The van der Waals surface area contributed by atoms with Crippen molar-refractivity contribution in [2.45, 2.75) is 6.42 Å². The minimum Gasteiger partial charge on any atom is -0.396 e. The van der Waals surface area contributed by atoms with Crippen LogP contribution in [0.3, 0.4) is 0 Å². The molecule has 0 saturated heterocycles. The zero-order valence-corrected chi connectivity index (χ0v) is 11.3. The molecule has 0 radical (unpaired) electrons. The van der Waals surface area contributed by atoms with Crippen LogP contribution in [0.15, 0.2) is 22.7 Å². The monoisotopic (exact) mass is 298 g/mol. The molecule has 1 N–H and O–H groups in total. The highest BCUT2D eigenvalue weighted by molar-refractivity contribution is 9.10. The van der Waals surface area contributed by atoms with Gasteiger partial charge >= 0.3 is 0 Å². The molecule has 0 spiro atoms. The van der Waals surface area contributed by atoms with Gasteiger partial charge in [0, 0.05) is 24.7 Å². The Hall–Kier alpha value is -1.07. The highest BCUT2D eigenvalue weighted by atomic mass is 79.9. The predicted octanol–water partition coefficient (Wildman–Crippen LogP) is 1.61. The molecule has 1 aromatic carbocycles. The number of amides is 1. The number of likely N-dealkylation sites (N-methyl/N-ethyl adjacent to an activating group) is 1. The number of nitrogens with zero attached hydrogens (tertiary/aromatic N) is 2. The first kappa shape index (κ1) is 12.4. The van der Waals surface area contributed by atoms with Crippen LogP contribution in [-0.4, -0.2) is 37.8 Å². The third-order valence-electron chi connectivity index (χ3n) is 2.85. The van der Waals surface area contributed by atoms with E-state index in [1.54, 1.807) is 4.90 Å². The molecule has 1 amide bonds. The summed E-state index contributed by atoms with van der Waals surface area (Å²) in [4.78, 5) is 15.6. The van der Waals surface area contributed by atoms with Gasteiger partial charge in [-0.3, -0.25) is 4.79 Å². The minimum absolute atomic E-state index is 0.0794. The van der Waals surface area contributed by atoms with Gasteiger partial charge in [0.2, 0.25) is 5.91 Å². The third-order valence-corrected chi connectivity index (χ3v) is 3.35. The molecule has 1 aromatic rings. The van der Waals surface area contributed by atoms with E-state index >= 15 is 0 Å². The lowest BCUT2D eigenvalue weighted by atomic mass is 10.1. The van der Waals surface area contributed by atoms with Crippen LogP contribution in [0.4, 0.5) is 11.4 Å². The average molecular weight is 299 g/mol. The van der Waals surface area contributed by atoms with Crippen molar-refractivity contribution in [3.8, 4) is 0 Å². The van der Waals surface area contributed by atoms with E-state index in [0.717, 1.165) is 15.8 Å². The zero-order chi connectivity index (χ0) is 12.4. The molecule has 1 heterocycles. The SMILES string of the molecule is CN1CC(=O)N(CCCO)c2ccc(Br)cc21. The normalized spacial score (nSPS) is 15.1. The van der Waals surface area contributed by atoms with Gasteiger partial charge < -0.3 is 14.9 Å². The Bertz CT molecular complexity index is 437. The number of aliphatic hydroxyl groups excluding tert-OH is 1. The van der Waals surface area contributed by atoms with Gasteiger partial charge in [-0.05, 0) is 24.6 Å². The van der Waals surface area contributed by atoms with Crippen molar-refractivity contribution in [3.05, 3.63) is 22.7 Å². The Kier molecular flexibility index (Phi) is 3.69. The molecule has 0 saturated carbocycles. The number of fused-ring (bicyclic) bond motifs is 1. The molecule has 1 aliphatic heterocycles. The van der Waals surface area contributed by atoms with Crippen molar-refractivity contribution in [1.29, 1.82) is 0 Å². The Labute approximate surface area is 109 Å². The number of rotatable bonds is 3. The third kappa shape index (κ3) is 2.45. The fraction of sp³-hybridized carbons (Fsp3) is 0.417. The van der Waals surface area contributed by atoms with E-state index < -0.39 is 0 Å². The van der Waals surface area contributed by atoms with Crippen molar-refractivity contribution in [3.63, 3.8) is 0 Å². The Morgan fingerprint density at radius 2 is 2.18 bits per heavy atom. The lowest BCUT2D eigenvalue weighted by molar-refractivity contribution is -0.117. The van der Waals surface area contributed by atoms with Gasteiger partial charge in [-0.25, -0.2) is 0 Å². The maximum atomic E-state index is 11.9. The second kappa shape index (κ2) is 5.06. The van der Waals surface area contributed by atoms with Crippen molar-refractivity contribution in [2.24, 2.45) is 0 Å². The summed E-state index contributed by atoms with van der Waals surface area (Å²) in [6.07, 6.45) is 0.602. The van der Waals surface area contributed by atoms with Crippen LogP contribution in [0.5, 0.6) is 0 Å². The van der Waals surface area contributed by atoms with Crippen molar-refractivity contribution < 1.29 is 9.90 Å². The van der Waals surface area contributed by atoms with Crippen molar-refractivity contribution in [1.82, 2.24) is 0 Å². The quantitative estimate of drug-likeness (QED) is 0.922.